The van der Waals surface area contributed by atoms with Crippen LogP contribution in [0.15, 0.2) is 24.3 Å². The first-order chi connectivity index (χ1) is 9.36. The highest BCUT2D eigenvalue weighted by Crippen LogP contribution is 2.30. The Bertz CT molecular complexity index is 465. The number of nitrogens with one attached hydrogen (secondary N) is 1. The molecule has 1 saturated heterocycles. The highest BCUT2D eigenvalue weighted by Gasteiger charge is 2.30. The molecule has 0 unspecified atom stereocenters. The summed E-state index contributed by atoms with van der Waals surface area (Å²) >= 11 is 0. The van der Waals surface area contributed by atoms with Gasteiger partial charge in [0, 0.05) is 24.8 Å². The van der Waals surface area contributed by atoms with E-state index in [0.29, 0.717) is 31.6 Å². The fraction of sp³-hybridized carbons (Fsp3) is 0.462. The molecule has 1 aliphatic heterocycles. The van der Waals surface area contributed by atoms with Gasteiger partial charge in [-0.2, -0.15) is 13.2 Å². The van der Waals surface area contributed by atoms with Crippen LogP contribution < -0.4 is 5.32 Å². The minimum absolute atomic E-state index is 0.0855. The van der Waals surface area contributed by atoms with Gasteiger partial charge in [-0.3, -0.25) is 0 Å². The molecule has 110 valence electrons. The molecule has 0 aromatic heterocycles. The second-order valence-electron chi connectivity index (χ2n) is 4.76. The molecule has 1 aromatic rings. The third-order valence-electron chi connectivity index (χ3n) is 3.35. The topological polar surface area (TPSA) is 52.6 Å². The highest BCUT2D eigenvalue weighted by atomic mass is 19.4. The maximum Gasteiger partial charge on any atom is 0.416 e. The van der Waals surface area contributed by atoms with Crippen LogP contribution in [0.2, 0.25) is 0 Å². The van der Waals surface area contributed by atoms with Gasteiger partial charge in [0.1, 0.15) is 0 Å². The number of nitrogens with zero attached hydrogens (tertiary/aromatic N) is 1. The van der Waals surface area contributed by atoms with E-state index in [1.807, 2.05) is 0 Å². The van der Waals surface area contributed by atoms with Crippen LogP contribution in [0.5, 0.6) is 0 Å². The molecule has 20 heavy (non-hydrogen) atoms. The first-order valence-corrected chi connectivity index (χ1v) is 6.28. The molecule has 0 radical (unpaired) electrons. The number of amides is 1. The quantitative estimate of drug-likeness (QED) is 0.878. The summed E-state index contributed by atoms with van der Waals surface area (Å²) in [6, 6.07) is 4.95. The molecular weight excluding hydrogens is 273 g/mol. The number of carbonyl (C=O) groups is 1. The standard InChI is InChI=1S/C13H15F3N2O2/c14-13(15,16)9-1-3-10(4-2-9)17-11-5-7-18(8-6-11)12(19)20/h1-4,11,17H,5-8H2,(H,19,20). The SMILES string of the molecule is O=C(O)N1CCC(Nc2ccc(C(F)(F)F)cc2)CC1. The van der Waals surface area contributed by atoms with Crippen molar-refractivity contribution in [2.75, 3.05) is 18.4 Å². The van der Waals surface area contributed by atoms with Crippen molar-refractivity contribution in [2.24, 2.45) is 0 Å². The van der Waals surface area contributed by atoms with Crippen molar-refractivity contribution in [3.8, 4) is 0 Å². The monoisotopic (exact) mass is 288 g/mol. The van der Waals surface area contributed by atoms with E-state index >= 15 is 0 Å². The van der Waals surface area contributed by atoms with Crippen molar-refractivity contribution in [2.45, 2.75) is 25.1 Å². The summed E-state index contributed by atoms with van der Waals surface area (Å²) in [5.74, 6) is 0. The maximum atomic E-state index is 12.4. The first-order valence-electron chi connectivity index (χ1n) is 6.28. The van der Waals surface area contributed by atoms with Gasteiger partial charge in [-0.05, 0) is 37.1 Å². The Labute approximate surface area is 114 Å². The number of carboxylic acid groups (broad SMARTS) is 1. The van der Waals surface area contributed by atoms with Gasteiger partial charge in [0.25, 0.3) is 0 Å². The van der Waals surface area contributed by atoms with Gasteiger partial charge in [0.05, 0.1) is 5.56 Å². The van der Waals surface area contributed by atoms with Crippen molar-refractivity contribution in [3.63, 3.8) is 0 Å². The minimum atomic E-state index is -4.33. The van der Waals surface area contributed by atoms with E-state index in [2.05, 4.69) is 5.32 Å². The number of hydrogen-bond donors (Lipinski definition) is 2. The van der Waals surface area contributed by atoms with Crippen molar-refractivity contribution in [3.05, 3.63) is 29.8 Å². The molecule has 4 nitrogen and oxygen atoms in total. The van der Waals surface area contributed by atoms with Gasteiger partial charge in [0.15, 0.2) is 0 Å². The van der Waals surface area contributed by atoms with Crippen LogP contribution in [-0.2, 0) is 6.18 Å². The zero-order valence-electron chi connectivity index (χ0n) is 10.7. The Morgan fingerprint density at radius 3 is 2.20 bits per heavy atom. The number of rotatable bonds is 2. The normalized spacial score (nSPS) is 17.1. The molecule has 2 N–H and O–H groups in total. The van der Waals surface area contributed by atoms with E-state index in [-0.39, 0.29) is 6.04 Å². The number of alkyl halides is 3. The predicted octanol–water partition coefficient (Wildman–Crippen LogP) is 3.26. The van der Waals surface area contributed by atoms with E-state index in [0.717, 1.165) is 12.1 Å². The third kappa shape index (κ3) is 3.55. The zero-order chi connectivity index (χ0) is 14.8. The molecule has 0 bridgehead atoms. The molecule has 1 amide bonds. The molecular formula is C13H15F3N2O2. The third-order valence-corrected chi connectivity index (χ3v) is 3.35. The fourth-order valence-corrected chi connectivity index (χ4v) is 2.21. The summed E-state index contributed by atoms with van der Waals surface area (Å²) in [6.07, 6.45) is -3.97. The Kier molecular flexibility index (Phi) is 4.06. The zero-order valence-corrected chi connectivity index (χ0v) is 10.7. The van der Waals surface area contributed by atoms with Gasteiger partial charge in [-0.15, -0.1) is 0 Å². The lowest BCUT2D eigenvalue weighted by molar-refractivity contribution is -0.137. The maximum absolute atomic E-state index is 12.4. The molecule has 0 atom stereocenters. The molecule has 1 aliphatic rings. The van der Waals surface area contributed by atoms with Crippen molar-refractivity contribution >= 4 is 11.8 Å². The van der Waals surface area contributed by atoms with Crippen LogP contribution in [0.4, 0.5) is 23.7 Å². The lowest BCUT2D eigenvalue weighted by atomic mass is 10.0. The van der Waals surface area contributed by atoms with Gasteiger partial charge >= 0.3 is 12.3 Å². The lowest BCUT2D eigenvalue weighted by Crippen LogP contribution is -2.41. The van der Waals surface area contributed by atoms with Gasteiger partial charge < -0.3 is 15.3 Å². The number of halogens is 3. The van der Waals surface area contributed by atoms with Crippen LogP contribution >= 0.6 is 0 Å². The minimum Gasteiger partial charge on any atom is -0.465 e. The Morgan fingerprint density at radius 1 is 1.20 bits per heavy atom. The van der Waals surface area contributed by atoms with Crippen LogP contribution in [0.1, 0.15) is 18.4 Å². The van der Waals surface area contributed by atoms with Crippen LogP contribution in [0, 0.1) is 0 Å². The van der Waals surface area contributed by atoms with E-state index in [1.54, 1.807) is 0 Å². The van der Waals surface area contributed by atoms with Gasteiger partial charge in [-0.1, -0.05) is 0 Å². The Morgan fingerprint density at radius 2 is 1.75 bits per heavy atom. The molecule has 2 rings (SSSR count). The molecule has 0 spiro atoms. The van der Waals surface area contributed by atoms with Crippen LogP contribution in [0.25, 0.3) is 0 Å². The van der Waals surface area contributed by atoms with Gasteiger partial charge in [-0.25, -0.2) is 4.79 Å². The van der Waals surface area contributed by atoms with Crippen molar-refractivity contribution in [1.82, 2.24) is 4.90 Å². The average Bonchev–Trinajstić information content (AvgIpc) is 2.39. The number of benzene rings is 1. The predicted molar refractivity (Wildman–Crippen MR) is 67.7 cm³/mol. The summed E-state index contributed by atoms with van der Waals surface area (Å²) in [4.78, 5) is 12.1. The number of hydrogen-bond acceptors (Lipinski definition) is 2. The Balaban J connectivity index is 1.90. The van der Waals surface area contributed by atoms with Crippen LogP contribution in [0.3, 0.4) is 0 Å². The smallest absolute Gasteiger partial charge is 0.416 e. The van der Waals surface area contributed by atoms with E-state index in [4.69, 9.17) is 5.11 Å². The molecule has 1 aromatic carbocycles. The fourth-order valence-electron chi connectivity index (χ4n) is 2.21. The number of piperidine rings is 1. The summed E-state index contributed by atoms with van der Waals surface area (Å²) in [6.45, 7) is 0.876. The second-order valence-corrected chi connectivity index (χ2v) is 4.76. The van der Waals surface area contributed by atoms with Gasteiger partial charge in [0.2, 0.25) is 0 Å². The van der Waals surface area contributed by atoms with Crippen molar-refractivity contribution in [1.29, 1.82) is 0 Å². The highest BCUT2D eigenvalue weighted by molar-refractivity contribution is 5.65. The molecule has 0 aliphatic carbocycles. The Hall–Kier alpha value is -1.92. The number of likely N-dealkylation sites (tertiary alicyclic amines) is 1. The molecule has 0 saturated carbocycles. The number of anilines is 1. The van der Waals surface area contributed by atoms with E-state index < -0.39 is 17.8 Å². The molecule has 1 fully saturated rings. The molecule has 7 heteroatoms. The second kappa shape index (κ2) is 5.60. The van der Waals surface area contributed by atoms with E-state index in [1.165, 1.54) is 17.0 Å². The summed E-state index contributed by atoms with van der Waals surface area (Å²) in [5.41, 5.74) is -0.0597. The lowest BCUT2D eigenvalue weighted by Gasteiger charge is -2.31. The largest absolute Gasteiger partial charge is 0.465 e. The summed E-state index contributed by atoms with van der Waals surface area (Å²) < 4.78 is 37.2. The first kappa shape index (κ1) is 14.5. The van der Waals surface area contributed by atoms with Crippen LogP contribution in [-0.4, -0.2) is 35.2 Å². The molecule has 1 heterocycles. The summed E-state index contributed by atoms with van der Waals surface area (Å²) in [5, 5.41) is 12.0. The van der Waals surface area contributed by atoms with E-state index in [9.17, 15) is 18.0 Å². The summed E-state index contributed by atoms with van der Waals surface area (Å²) in [7, 11) is 0. The average molecular weight is 288 g/mol. The van der Waals surface area contributed by atoms with Crippen molar-refractivity contribution < 1.29 is 23.1 Å².